The van der Waals surface area contributed by atoms with Gasteiger partial charge in [-0.05, 0) is 53.7 Å². The number of carbonyl (C=O) groups is 1. The second-order valence-electron chi connectivity index (χ2n) is 4.45. The Morgan fingerprint density at radius 2 is 2.00 bits per heavy atom. The maximum absolute atomic E-state index is 11.7. The lowest BCUT2D eigenvalue weighted by atomic mass is 9.92. The van der Waals surface area contributed by atoms with Crippen LogP contribution in [-0.2, 0) is 9.53 Å². The number of allylic oxidation sites excluding steroid dienone is 1. The Morgan fingerprint density at radius 1 is 1.22 bits per heavy atom. The van der Waals surface area contributed by atoms with Crippen LogP contribution in [0.2, 0.25) is 0 Å². The Labute approximate surface area is 114 Å². The van der Waals surface area contributed by atoms with Crippen LogP contribution in [0.1, 0.15) is 31.4 Å². The molecule has 3 rings (SSSR count). The fourth-order valence-corrected chi connectivity index (χ4v) is 2.74. The van der Waals surface area contributed by atoms with E-state index in [0.29, 0.717) is 5.76 Å². The van der Waals surface area contributed by atoms with Gasteiger partial charge in [0, 0.05) is 17.2 Å². The Balaban J connectivity index is 1.98. The molecule has 1 aromatic heterocycles. The number of cyclic esters (lactones) is 1. The molecular formula is C14H12BrNO2. The van der Waals surface area contributed by atoms with E-state index >= 15 is 0 Å². The van der Waals surface area contributed by atoms with Gasteiger partial charge in [0.2, 0.25) is 0 Å². The average molecular weight is 306 g/mol. The van der Waals surface area contributed by atoms with Crippen LogP contribution in [0, 0.1) is 0 Å². The van der Waals surface area contributed by atoms with Gasteiger partial charge < -0.3 is 4.74 Å². The zero-order valence-corrected chi connectivity index (χ0v) is 11.4. The van der Waals surface area contributed by atoms with Crippen molar-refractivity contribution in [2.24, 2.45) is 0 Å². The second-order valence-corrected chi connectivity index (χ2v) is 5.26. The van der Waals surface area contributed by atoms with Crippen molar-refractivity contribution in [1.29, 1.82) is 0 Å². The fraction of sp³-hybridized carbons (Fsp3) is 0.286. The molecule has 4 heteroatoms. The van der Waals surface area contributed by atoms with Crippen LogP contribution in [0.4, 0.5) is 0 Å². The third kappa shape index (κ3) is 2.12. The fourth-order valence-electron chi connectivity index (χ4n) is 2.38. The van der Waals surface area contributed by atoms with Crippen molar-refractivity contribution >= 4 is 28.0 Å². The van der Waals surface area contributed by atoms with Crippen molar-refractivity contribution in [2.45, 2.75) is 25.7 Å². The van der Waals surface area contributed by atoms with Crippen LogP contribution in [0.3, 0.4) is 0 Å². The molecule has 0 radical (unpaired) electrons. The van der Waals surface area contributed by atoms with E-state index in [-0.39, 0.29) is 5.97 Å². The van der Waals surface area contributed by atoms with E-state index in [4.69, 9.17) is 4.74 Å². The highest BCUT2D eigenvalue weighted by atomic mass is 79.9. The first-order valence-corrected chi connectivity index (χ1v) is 6.82. The van der Waals surface area contributed by atoms with Gasteiger partial charge in [-0.1, -0.05) is 6.07 Å². The average Bonchev–Trinajstić information content (AvgIpc) is 2.67. The Morgan fingerprint density at radius 3 is 2.78 bits per heavy atom. The summed E-state index contributed by atoms with van der Waals surface area (Å²) in [7, 11) is 0. The highest BCUT2D eigenvalue weighted by Crippen LogP contribution is 2.37. The van der Waals surface area contributed by atoms with Crippen LogP contribution in [0.25, 0.3) is 6.08 Å². The summed E-state index contributed by atoms with van der Waals surface area (Å²) in [6, 6.07) is 5.68. The molecule has 0 unspecified atom stereocenters. The molecule has 92 valence electrons. The van der Waals surface area contributed by atoms with Gasteiger partial charge in [0.25, 0.3) is 0 Å². The largest absolute Gasteiger partial charge is 0.423 e. The number of pyridine rings is 1. The molecule has 2 aliphatic rings. The number of carbonyl (C=O) groups excluding carboxylic acids is 1. The highest BCUT2D eigenvalue weighted by Gasteiger charge is 2.31. The quantitative estimate of drug-likeness (QED) is 0.588. The third-order valence-electron chi connectivity index (χ3n) is 3.23. The lowest BCUT2D eigenvalue weighted by Gasteiger charge is -2.10. The molecule has 0 spiro atoms. The van der Waals surface area contributed by atoms with Crippen LogP contribution < -0.4 is 0 Å². The standard InChI is InChI=1S/C14H12BrNO2/c15-13-7-3-4-9(16-13)8-12-10-5-1-2-6-11(10)14(17)18-12/h3-4,7-8H,1-2,5-6H2/b12-8-. The molecule has 0 saturated heterocycles. The monoisotopic (exact) mass is 305 g/mol. The van der Waals surface area contributed by atoms with Crippen LogP contribution in [-0.4, -0.2) is 11.0 Å². The summed E-state index contributed by atoms with van der Waals surface area (Å²) in [5, 5.41) is 0. The minimum atomic E-state index is -0.175. The second kappa shape index (κ2) is 4.69. The van der Waals surface area contributed by atoms with Gasteiger partial charge in [-0.2, -0.15) is 0 Å². The molecule has 18 heavy (non-hydrogen) atoms. The van der Waals surface area contributed by atoms with E-state index in [1.54, 1.807) is 0 Å². The van der Waals surface area contributed by atoms with E-state index in [2.05, 4.69) is 20.9 Å². The number of hydrogen-bond donors (Lipinski definition) is 0. The van der Waals surface area contributed by atoms with E-state index in [1.165, 1.54) is 0 Å². The first-order valence-electron chi connectivity index (χ1n) is 6.03. The van der Waals surface area contributed by atoms with Gasteiger partial charge in [-0.25, -0.2) is 9.78 Å². The number of halogens is 1. The van der Waals surface area contributed by atoms with Crippen LogP contribution in [0.15, 0.2) is 39.7 Å². The number of esters is 1. The third-order valence-corrected chi connectivity index (χ3v) is 3.67. The van der Waals surface area contributed by atoms with E-state index in [1.807, 2.05) is 24.3 Å². The summed E-state index contributed by atoms with van der Waals surface area (Å²) in [4.78, 5) is 16.1. The maximum Gasteiger partial charge on any atom is 0.339 e. The van der Waals surface area contributed by atoms with Gasteiger partial charge in [0.15, 0.2) is 0 Å². The molecule has 0 bridgehead atoms. The summed E-state index contributed by atoms with van der Waals surface area (Å²) in [5.74, 6) is 0.506. The van der Waals surface area contributed by atoms with Crippen molar-refractivity contribution < 1.29 is 9.53 Å². The molecule has 1 aliphatic carbocycles. The molecule has 0 fully saturated rings. The zero-order chi connectivity index (χ0) is 12.5. The van der Waals surface area contributed by atoms with Gasteiger partial charge in [0.1, 0.15) is 10.4 Å². The van der Waals surface area contributed by atoms with Gasteiger partial charge in [-0.15, -0.1) is 0 Å². The summed E-state index contributed by atoms with van der Waals surface area (Å²) < 4.78 is 6.12. The molecule has 0 aromatic carbocycles. The van der Waals surface area contributed by atoms with E-state index in [0.717, 1.165) is 47.1 Å². The Bertz CT molecular complexity index is 575. The molecule has 0 saturated carbocycles. The predicted octanol–water partition coefficient (Wildman–Crippen LogP) is 3.61. The van der Waals surface area contributed by atoms with E-state index in [9.17, 15) is 4.79 Å². The van der Waals surface area contributed by atoms with E-state index < -0.39 is 0 Å². The summed E-state index contributed by atoms with van der Waals surface area (Å²) in [5.41, 5.74) is 2.74. The first-order chi connectivity index (χ1) is 8.74. The molecular weight excluding hydrogens is 294 g/mol. The molecule has 1 aromatic rings. The lowest BCUT2D eigenvalue weighted by molar-refractivity contribution is -0.133. The van der Waals surface area contributed by atoms with Crippen molar-refractivity contribution in [3.8, 4) is 0 Å². The SMILES string of the molecule is O=C1O/C(=C\c2cccc(Br)n2)C2=C1CCCC2. The van der Waals surface area contributed by atoms with Crippen LogP contribution in [0.5, 0.6) is 0 Å². The first kappa shape index (κ1) is 11.7. The Kier molecular flexibility index (Phi) is 3.04. The normalized spacial score (nSPS) is 21.2. The molecule has 3 nitrogen and oxygen atoms in total. The summed E-state index contributed by atoms with van der Waals surface area (Å²) >= 11 is 3.33. The predicted molar refractivity (Wildman–Crippen MR) is 71.5 cm³/mol. The molecule has 0 N–H and O–H groups in total. The lowest BCUT2D eigenvalue weighted by Crippen LogP contribution is -2.01. The van der Waals surface area contributed by atoms with Crippen molar-refractivity contribution in [3.63, 3.8) is 0 Å². The van der Waals surface area contributed by atoms with Crippen molar-refractivity contribution in [2.75, 3.05) is 0 Å². The smallest absolute Gasteiger partial charge is 0.339 e. The molecule has 0 amide bonds. The zero-order valence-electron chi connectivity index (χ0n) is 9.78. The van der Waals surface area contributed by atoms with Crippen LogP contribution >= 0.6 is 15.9 Å². The van der Waals surface area contributed by atoms with Crippen molar-refractivity contribution in [1.82, 2.24) is 4.98 Å². The number of hydrogen-bond acceptors (Lipinski definition) is 3. The minimum absolute atomic E-state index is 0.175. The van der Waals surface area contributed by atoms with Gasteiger partial charge >= 0.3 is 5.97 Å². The number of aromatic nitrogens is 1. The minimum Gasteiger partial charge on any atom is -0.423 e. The molecule has 1 aliphatic heterocycles. The molecule has 0 atom stereocenters. The topological polar surface area (TPSA) is 39.2 Å². The number of nitrogens with zero attached hydrogens (tertiary/aromatic N) is 1. The van der Waals surface area contributed by atoms with Gasteiger partial charge in [0.05, 0.1) is 5.69 Å². The van der Waals surface area contributed by atoms with Crippen molar-refractivity contribution in [3.05, 3.63) is 45.4 Å². The summed E-state index contributed by atoms with van der Waals surface area (Å²) in [6.07, 6.45) is 5.82. The number of ether oxygens (including phenoxy) is 1. The highest BCUT2D eigenvalue weighted by molar-refractivity contribution is 9.10. The Hall–Kier alpha value is -1.42. The maximum atomic E-state index is 11.7. The van der Waals surface area contributed by atoms with Gasteiger partial charge in [-0.3, -0.25) is 0 Å². The summed E-state index contributed by atoms with van der Waals surface area (Å²) in [6.45, 7) is 0. The number of rotatable bonds is 1. The molecule has 2 heterocycles.